The van der Waals surface area contributed by atoms with Crippen molar-refractivity contribution in [3.05, 3.63) is 0 Å². The maximum atomic E-state index is 11.5. The highest BCUT2D eigenvalue weighted by Crippen LogP contribution is 2.07. The normalized spacial score (nSPS) is 21.3. The van der Waals surface area contributed by atoms with Gasteiger partial charge in [-0.3, -0.25) is 4.79 Å². The lowest BCUT2D eigenvalue weighted by Gasteiger charge is -2.11. The molecule has 2 N–H and O–H groups in total. The number of ether oxygens (including phenoxy) is 1. The van der Waals surface area contributed by atoms with Crippen molar-refractivity contribution in [3.8, 4) is 0 Å². The van der Waals surface area contributed by atoms with Gasteiger partial charge in [-0.15, -0.1) is 0 Å². The third-order valence-corrected chi connectivity index (χ3v) is 2.52. The first kappa shape index (κ1) is 12.4. The summed E-state index contributed by atoms with van der Waals surface area (Å²) in [4.78, 5) is 13.2. The maximum Gasteiger partial charge on any atom is 0.239 e. The van der Waals surface area contributed by atoms with Crippen LogP contribution in [0.5, 0.6) is 0 Å². The Labute approximate surface area is 90.4 Å². The van der Waals surface area contributed by atoms with E-state index < -0.39 is 0 Å². The van der Waals surface area contributed by atoms with Crippen molar-refractivity contribution < 1.29 is 14.6 Å². The molecule has 0 aromatic carbocycles. The molecule has 15 heavy (non-hydrogen) atoms. The van der Waals surface area contributed by atoms with Crippen LogP contribution in [-0.2, 0) is 9.53 Å². The number of hydrogen-bond acceptors (Lipinski definition) is 4. The third kappa shape index (κ3) is 4.15. The van der Waals surface area contributed by atoms with Crippen LogP contribution in [0, 0.1) is 0 Å². The summed E-state index contributed by atoms with van der Waals surface area (Å²) in [7, 11) is 1.83. The monoisotopic (exact) mass is 216 g/mol. The first-order valence-corrected chi connectivity index (χ1v) is 5.42. The van der Waals surface area contributed by atoms with Gasteiger partial charge in [0.2, 0.25) is 5.91 Å². The van der Waals surface area contributed by atoms with Gasteiger partial charge in [-0.05, 0) is 19.4 Å². The molecule has 0 spiro atoms. The number of nitrogens with zero attached hydrogens (tertiary/aromatic N) is 1. The first-order valence-electron chi connectivity index (χ1n) is 5.42. The second-order valence-corrected chi connectivity index (χ2v) is 3.74. The molecule has 1 heterocycles. The van der Waals surface area contributed by atoms with E-state index in [0.717, 1.165) is 25.9 Å². The second-order valence-electron chi connectivity index (χ2n) is 3.74. The summed E-state index contributed by atoms with van der Waals surface area (Å²) in [6.45, 7) is 2.72. The number of carbonyl (C=O) groups excluding carboxylic acids is 1. The van der Waals surface area contributed by atoms with Gasteiger partial charge < -0.3 is 20.1 Å². The largest absolute Gasteiger partial charge is 0.394 e. The molecular weight excluding hydrogens is 196 g/mol. The van der Waals surface area contributed by atoms with E-state index >= 15 is 0 Å². The lowest BCUT2D eigenvalue weighted by molar-refractivity contribution is -0.128. The van der Waals surface area contributed by atoms with Gasteiger partial charge in [0.15, 0.2) is 0 Å². The fourth-order valence-corrected chi connectivity index (χ4v) is 1.63. The molecule has 0 aromatic heterocycles. The molecule has 0 bridgehead atoms. The van der Waals surface area contributed by atoms with Crippen LogP contribution in [0.2, 0.25) is 0 Å². The lowest BCUT2D eigenvalue weighted by Crippen LogP contribution is -2.37. The Morgan fingerprint density at radius 1 is 1.60 bits per heavy atom. The van der Waals surface area contributed by atoms with E-state index in [4.69, 9.17) is 9.84 Å². The van der Waals surface area contributed by atoms with Gasteiger partial charge >= 0.3 is 0 Å². The molecule has 0 radical (unpaired) electrons. The van der Waals surface area contributed by atoms with Gasteiger partial charge in [0, 0.05) is 20.2 Å². The van der Waals surface area contributed by atoms with E-state index in [1.807, 2.05) is 7.05 Å². The minimum Gasteiger partial charge on any atom is -0.394 e. The number of nitrogens with one attached hydrogen (secondary N) is 1. The number of aliphatic hydroxyl groups excluding tert-OH is 1. The Morgan fingerprint density at radius 3 is 3.00 bits per heavy atom. The smallest absolute Gasteiger partial charge is 0.239 e. The molecule has 1 atom stereocenters. The second kappa shape index (κ2) is 6.76. The quantitative estimate of drug-likeness (QED) is 0.547. The van der Waals surface area contributed by atoms with Crippen molar-refractivity contribution in [1.82, 2.24) is 10.2 Å². The average molecular weight is 216 g/mol. The first-order chi connectivity index (χ1) is 7.25. The Bertz CT molecular complexity index is 199. The summed E-state index contributed by atoms with van der Waals surface area (Å²) in [5, 5.41) is 11.7. The van der Waals surface area contributed by atoms with E-state index in [-0.39, 0.29) is 18.6 Å². The summed E-state index contributed by atoms with van der Waals surface area (Å²) >= 11 is 0. The van der Waals surface area contributed by atoms with E-state index in [9.17, 15) is 4.79 Å². The number of likely N-dealkylation sites (tertiary alicyclic amines) is 1. The molecule has 0 aliphatic carbocycles. The zero-order valence-corrected chi connectivity index (χ0v) is 9.24. The van der Waals surface area contributed by atoms with Crippen LogP contribution in [0.15, 0.2) is 0 Å². The number of hydrogen-bond donors (Lipinski definition) is 2. The maximum absolute atomic E-state index is 11.5. The van der Waals surface area contributed by atoms with Crippen LogP contribution in [-0.4, -0.2) is 61.9 Å². The van der Waals surface area contributed by atoms with Crippen LogP contribution in [0.25, 0.3) is 0 Å². The summed E-state index contributed by atoms with van der Waals surface area (Å²) in [5.41, 5.74) is 0. The fraction of sp³-hybridized carbons (Fsp3) is 0.900. The number of amides is 1. The summed E-state index contributed by atoms with van der Waals surface area (Å²) in [6.07, 6.45) is 1.76. The van der Waals surface area contributed by atoms with Gasteiger partial charge in [0.25, 0.3) is 0 Å². The molecule has 1 fully saturated rings. The van der Waals surface area contributed by atoms with Crippen LogP contribution >= 0.6 is 0 Å². The van der Waals surface area contributed by atoms with Crippen LogP contribution in [0.3, 0.4) is 0 Å². The number of carbonyl (C=O) groups is 1. The Kier molecular flexibility index (Phi) is 5.60. The van der Waals surface area contributed by atoms with Gasteiger partial charge in [0.05, 0.1) is 19.3 Å². The molecule has 1 amide bonds. The summed E-state index contributed by atoms with van der Waals surface area (Å²) < 4.78 is 5.11. The third-order valence-electron chi connectivity index (χ3n) is 2.52. The number of aliphatic hydroxyl groups is 1. The lowest BCUT2D eigenvalue weighted by atomic mass is 10.2. The number of likely N-dealkylation sites (N-methyl/N-ethyl adjacent to an activating group) is 1. The SMILES string of the molecule is CN1CCC(NCCCOCCO)C1=O. The molecule has 5 nitrogen and oxygen atoms in total. The predicted molar refractivity (Wildman–Crippen MR) is 56.6 cm³/mol. The number of rotatable bonds is 7. The zero-order valence-electron chi connectivity index (χ0n) is 9.24. The van der Waals surface area contributed by atoms with Crippen LogP contribution in [0.4, 0.5) is 0 Å². The van der Waals surface area contributed by atoms with E-state index in [0.29, 0.717) is 13.2 Å². The molecule has 0 saturated carbocycles. The van der Waals surface area contributed by atoms with Gasteiger partial charge in [-0.25, -0.2) is 0 Å². The Morgan fingerprint density at radius 2 is 2.40 bits per heavy atom. The average Bonchev–Trinajstić information content (AvgIpc) is 2.54. The summed E-state index contributed by atoms with van der Waals surface area (Å²) in [6, 6.07) is -0.00663. The van der Waals surface area contributed by atoms with Gasteiger partial charge in [-0.1, -0.05) is 0 Å². The molecular formula is C10H20N2O3. The topological polar surface area (TPSA) is 61.8 Å². The highest BCUT2D eigenvalue weighted by atomic mass is 16.5. The van der Waals surface area contributed by atoms with Crippen molar-refractivity contribution in [1.29, 1.82) is 0 Å². The fourth-order valence-electron chi connectivity index (χ4n) is 1.63. The van der Waals surface area contributed by atoms with Crippen molar-refractivity contribution >= 4 is 5.91 Å². The van der Waals surface area contributed by atoms with Gasteiger partial charge in [-0.2, -0.15) is 0 Å². The highest BCUT2D eigenvalue weighted by molar-refractivity contribution is 5.83. The Hall–Kier alpha value is -0.650. The van der Waals surface area contributed by atoms with Crippen LogP contribution < -0.4 is 5.32 Å². The predicted octanol–water partition coefficient (Wildman–Crippen LogP) is -0.794. The molecule has 1 saturated heterocycles. The molecule has 1 rings (SSSR count). The molecule has 1 aliphatic heterocycles. The molecule has 88 valence electrons. The van der Waals surface area contributed by atoms with Crippen molar-refractivity contribution in [2.24, 2.45) is 0 Å². The Balaban J connectivity index is 1.98. The minimum atomic E-state index is -0.00663. The van der Waals surface area contributed by atoms with E-state index in [2.05, 4.69) is 5.32 Å². The zero-order chi connectivity index (χ0) is 11.1. The van der Waals surface area contributed by atoms with E-state index in [1.165, 1.54) is 0 Å². The van der Waals surface area contributed by atoms with E-state index in [1.54, 1.807) is 4.90 Å². The minimum absolute atomic E-state index is 0.00663. The van der Waals surface area contributed by atoms with Gasteiger partial charge in [0.1, 0.15) is 0 Å². The molecule has 0 aromatic rings. The highest BCUT2D eigenvalue weighted by Gasteiger charge is 2.27. The van der Waals surface area contributed by atoms with Crippen molar-refractivity contribution in [3.63, 3.8) is 0 Å². The van der Waals surface area contributed by atoms with Crippen molar-refractivity contribution in [2.75, 3.05) is 40.0 Å². The van der Waals surface area contributed by atoms with Crippen molar-refractivity contribution in [2.45, 2.75) is 18.9 Å². The standard InChI is InChI=1S/C10H20N2O3/c1-12-5-3-9(10(12)14)11-4-2-7-15-8-6-13/h9,11,13H,2-8H2,1H3. The van der Waals surface area contributed by atoms with Crippen LogP contribution in [0.1, 0.15) is 12.8 Å². The summed E-state index contributed by atoms with van der Waals surface area (Å²) in [5.74, 6) is 0.186. The molecule has 5 heteroatoms. The molecule has 1 aliphatic rings. The molecule has 1 unspecified atom stereocenters.